The van der Waals surface area contributed by atoms with E-state index in [1.54, 1.807) is 0 Å². The number of nitrogens with two attached hydrogens (primary N) is 1. The first-order valence-corrected chi connectivity index (χ1v) is 6.34. The zero-order valence-corrected chi connectivity index (χ0v) is 12.1. The highest BCUT2D eigenvalue weighted by atomic mass is 35.5. The van der Waals surface area contributed by atoms with E-state index in [0.717, 1.165) is 23.3 Å². The molecule has 0 fully saturated rings. The van der Waals surface area contributed by atoms with Crippen LogP contribution in [0.3, 0.4) is 0 Å². The van der Waals surface area contributed by atoms with Crippen LogP contribution in [-0.4, -0.2) is 9.97 Å². The monoisotopic (exact) mass is 327 g/mol. The molecular formula is C15H13ClF3N3. The summed E-state index contributed by atoms with van der Waals surface area (Å²) in [7, 11) is 0. The molecule has 0 spiro atoms. The van der Waals surface area contributed by atoms with E-state index in [1.807, 2.05) is 24.3 Å². The number of imidazole rings is 1. The van der Waals surface area contributed by atoms with E-state index in [-0.39, 0.29) is 12.4 Å². The number of rotatable bonds is 2. The number of aromatic amines is 1. The zero-order valence-electron chi connectivity index (χ0n) is 11.3. The largest absolute Gasteiger partial charge is 0.416 e. The molecule has 0 unspecified atom stereocenters. The molecular weight excluding hydrogens is 315 g/mol. The highest BCUT2D eigenvalue weighted by molar-refractivity contribution is 5.85. The summed E-state index contributed by atoms with van der Waals surface area (Å²) in [6, 6.07) is 10.9. The Morgan fingerprint density at radius 2 is 1.86 bits per heavy atom. The Morgan fingerprint density at radius 3 is 2.55 bits per heavy atom. The summed E-state index contributed by atoms with van der Waals surface area (Å²) in [4.78, 5) is 7.24. The van der Waals surface area contributed by atoms with E-state index in [2.05, 4.69) is 9.97 Å². The number of benzene rings is 2. The van der Waals surface area contributed by atoms with E-state index in [4.69, 9.17) is 5.73 Å². The molecule has 2 aromatic carbocycles. The number of halogens is 4. The van der Waals surface area contributed by atoms with Crippen molar-refractivity contribution in [2.45, 2.75) is 12.7 Å². The fourth-order valence-electron chi connectivity index (χ4n) is 2.17. The fourth-order valence-corrected chi connectivity index (χ4v) is 2.17. The topological polar surface area (TPSA) is 54.7 Å². The summed E-state index contributed by atoms with van der Waals surface area (Å²) in [6.07, 6.45) is -4.36. The van der Waals surface area contributed by atoms with Crippen LogP contribution >= 0.6 is 12.4 Å². The lowest BCUT2D eigenvalue weighted by atomic mass is 10.1. The molecule has 0 saturated heterocycles. The second-order valence-corrected chi connectivity index (χ2v) is 4.72. The maximum atomic E-state index is 12.7. The van der Waals surface area contributed by atoms with Gasteiger partial charge in [0.25, 0.3) is 0 Å². The normalized spacial score (nSPS) is 11.5. The first-order valence-electron chi connectivity index (χ1n) is 6.34. The number of H-pyrrole nitrogens is 1. The van der Waals surface area contributed by atoms with Crippen LogP contribution in [-0.2, 0) is 12.7 Å². The minimum Gasteiger partial charge on any atom is -0.338 e. The van der Waals surface area contributed by atoms with Crippen molar-refractivity contribution in [2.24, 2.45) is 5.73 Å². The van der Waals surface area contributed by atoms with Crippen molar-refractivity contribution in [2.75, 3.05) is 0 Å². The molecule has 0 saturated carbocycles. The van der Waals surface area contributed by atoms with Gasteiger partial charge in [-0.15, -0.1) is 12.4 Å². The number of alkyl halides is 3. The van der Waals surface area contributed by atoms with E-state index in [1.165, 1.54) is 6.07 Å². The first-order chi connectivity index (χ1) is 9.97. The Morgan fingerprint density at radius 1 is 1.09 bits per heavy atom. The van der Waals surface area contributed by atoms with Gasteiger partial charge in [-0.1, -0.05) is 18.2 Å². The molecule has 3 N–H and O–H groups in total. The molecule has 116 valence electrons. The van der Waals surface area contributed by atoms with Crippen LogP contribution in [0.15, 0.2) is 42.5 Å². The Hall–Kier alpha value is -2.05. The zero-order chi connectivity index (χ0) is 15.0. The van der Waals surface area contributed by atoms with Crippen LogP contribution < -0.4 is 5.73 Å². The van der Waals surface area contributed by atoms with Gasteiger partial charge in [0.1, 0.15) is 5.82 Å². The van der Waals surface area contributed by atoms with Gasteiger partial charge in [0, 0.05) is 12.1 Å². The lowest BCUT2D eigenvalue weighted by Crippen LogP contribution is -2.04. The number of aromatic nitrogens is 2. The van der Waals surface area contributed by atoms with Crippen LogP contribution in [0.1, 0.15) is 11.1 Å². The summed E-state index contributed by atoms with van der Waals surface area (Å²) < 4.78 is 38.1. The van der Waals surface area contributed by atoms with Crippen LogP contribution in [0.5, 0.6) is 0 Å². The number of nitrogens with zero attached hydrogens (tertiary/aromatic N) is 1. The third-order valence-electron chi connectivity index (χ3n) is 3.25. The highest BCUT2D eigenvalue weighted by Gasteiger charge is 2.30. The minimum atomic E-state index is -4.36. The summed E-state index contributed by atoms with van der Waals surface area (Å²) >= 11 is 0. The van der Waals surface area contributed by atoms with E-state index < -0.39 is 11.7 Å². The molecule has 0 bridgehead atoms. The van der Waals surface area contributed by atoms with Gasteiger partial charge < -0.3 is 10.7 Å². The molecule has 0 atom stereocenters. The van der Waals surface area contributed by atoms with Crippen molar-refractivity contribution in [1.29, 1.82) is 0 Å². The summed E-state index contributed by atoms with van der Waals surface area (Å²) in [5.74, 6) is 0.527. The number of hydrogen-bond acceptors (Lipinski definition) is 2. The molecule has 1 aromatic heterocycles. The van der Waals surface area contributed by atoms with E-state index in [0.29, 0.717) is 23.4 Å². The quantitative estimate of drug-likeness (QED) is 0.743. The van der Waals surface area contributed by atoms with Crippen molar-refractivity contribution in [3.8, 4) is 11.4 Å². The molecule has 0 amide bonds. The third-order valence-corrected chi connectivity index (χ3v) is 3.25. The fraction of sp³-hybridized carbons (Fsp3) is 0.133. The van der Waals surface area contributed by atoms with Crippen LogP contribution in [0.2, 0.25) is 0 Å². The van der Waals surface area contributed by atoms with Gasteiger partial charge in [-0.25, -0.2) is 4.98 Å². The molecule has 3 aromatic rings. The smallest absolute Gasteiger partial charge is 0.338 e. The average Bonchev–Trinajstić information content (AvgIpc) is 2.89. The standard InChI is InChI=1S/C15H12F3N3.ClH/c16-15(17,18)11-4-5-12-13(7-11)21-14(20-12)10-3-1-2-9(6-10)8-19;/h1-7H,8,19H2,(H,20,21);1H. The van der Waals surface area contributed by atoms with Crippen molar-refractivity contribution in [3.05, 3.63) is 53.6 Å². The average molecular weight is 328 g/mol. The second kappa shape index (κ2) is 5.98. The van der Waals surface area contributed by atoms with Gasteiger partial charge in [-0.05, 0) is 29.8 Å². The Kier molecular flexibility index (Phi) is 4.44. The summed E-state index contributed by atoms with van der Waals surface area (Å²) in [5.41, 5.74) is 7.47. The lowest BCUT2D eigenvalue weighted by Gasteiger charge is -2.05. The van der Waals surface area contributed by atoms with Crippen molar-refractivity contribution >= 4 is 23.4 Å². The van der Waals surface area contributed by atoms with Crippen molar-refractivity contribution < 1.29 is 13.2 Å². The van der Waals surface area contributed by atoms with E-state index >= 15 is 0 Å². The van der Waals surface area contributed by atoms with Crippen LogP contribution in [0.4, 0.5) is 13.2 Å². The highest BCUT2D eigenvalue weighted by Crippen LogP contribution is 2.31. The molecule has 0 radical (unpaired) electrons. The second-order valence-electron chi connectivity index (χ2n) is 4.72. The Balaban J connectivity index is 0.00000176. The van der Waals surface area contributed by atoms with Gasteiger partial charge in [0.15, 0.2) is 0 Å². The molecule has 22 heavy (non-hydrogen) atoms. The number of nitrogens with one attached hydrogen (secondary N) is 1. The van der Waals surface area contributed by atoms with Crippen LogP contribution in [0, 0.1) is 0 Å². The third kappa shape index (κ3) is 3.08. The maximum Gasteiger partial charge on any atom is 0.416 e. The van der Waals surface area contributed by atoms with Gasteiger partial charge >= 0.3 is 6.18 Å². The summed E-state index contributed by atoms with van der Waals surface area (Å²) in [6.45, 7) is 0.395. The summed E-state index contributed by atoms with van der Waals surface area (Å²) in [5, 5.41) is 0. The predicted octanol–water partition coefficient (Wildman–Crippen LogP) is 4.13. The minimum absolute atomic E-state index is 0. The van der Waals surface area contributed by atoms with Crippen LogP contribution in [0.25, 0.3) is 22.4 Å². The van der Waals surface area contributed by atoms with Gasteiger partial charge in [-0.2, -0.15) is 13.2 Å². The van der Waals surface area contributed by atoms with Gasteiger partial charge in [-0.3, -0.25) is 0 Å². The van der Waals surface area contributed by atoms with Crippen molar-refractivity contribution in [3.63, 3.8) is 0 Å². The molecule has 3 nitrogen and oxygen atoms in total. The molecule has 3 rings (SSSR count). The molecule has 0 aliphatic heterocycles. The predicted molar refractivity (Wildman–Crippen MR) is 81.7 cm³/mol. The van der Waals surface area contributed by atoms with Crippen molar-refractivity contribution in [1.82, 2.24) is 9.97 Å². The molecule has 0 aliphatic carbocycles. The molecule has 1 heterocycles. The number of hydrogen-bond donors (Lipinski definition) is 2. The van der Waals surface area contributed by atoms with Gasteiger partial charge in [0.2, 0.25) is 0 Å². The SMILES string of the molecule is Cl.NCc1cccc(-c2nc3ccc(C(F)(F)F)cc3[nH]2)c1. The van der Waals surface area contributed by atoms with E-state index in [9.17, 15) is 13.2 Å². The molecule has 0 aliphatic rings. The number of fused-ring (bicyclic) bond motifs is 1. The first kappa shape index (κ1) is 16.3. The molecule has 7 heteroatoms. The lowest BCUT2D eigenvalue weighted by molar-refractivity contribution is -0.137. The maximum absolute atomic E-state index is 12.7. The van der Waals surface area contributed by atoms with Gasteiger partial charge in [0.05, 0.1) is 16.6 Å². The Bertz CT molecular complexity index is 796. The Labute approximate surface area is 130 Å².